The lowest BCUT2D eigenvalue weighted by molar-refractivity contribution is -0.138. The van der Waals surface area contributed by atoms with E-state index in [-0.39, 0.29) is 12.5 Å². The van der Waals surface area contributed by atoms with E-state index in [0.29, 0.717) is 24.6 Å². The zero-order valence-corrected chi connectivity index (χ0v) is 9.30. The zero-order valence-electron chi connectivity index (χ0n) is 9.30. The Hall–Kier alpha value is -1.92. The maximum atomic E-state index is 11.4. The number of hydrogen-bond acceptors (Lipinski definition) is 4. The first-order valence-corrected chi connectivity index (χ1v) is 5.51. The lowest BCUT2D eigenvalue weighted by atomic mass is 10.3. The third kappa shape index (κ3) is 3.86. The fourth-order valence-electron chi connectivity index (χ4n) is 1.48. The number of carboxylic acids is 1. The fourth-order valence-corrected chi connectivity index (χ4v) is 1.48. The van der Waals surface area contributed by atoms with E-state index in [9.17, 15) is 9.59 Å². The first-order chi connectivity index (χ1) is 8.13. The molecule has 92 valence electrons. The van der Waals surface area contributed by atoms with E-state index in [0.717, 1.165) is 12.8 Å². The lowest BCUT2D eigenvalue weighted by Crippen LogP contribution is -2.23. The van der Waals surface area contributed by atoms with Crippen LogP contribution in [0.4, 0.5) is 0 Å². The van der Waals surface area contributed by atoms with E-state index in [4.69, 9.17) is 5.11 Å². The average Bonchev–Trinajstić information content (AvgIpc) is 2.94. The number of carboxylic acid groups (broad SMARTS) is 1. The lowest BCUT2D eigenvalue weighted by Gasteiger charge is -2.00. The Bertz CT molecular complexity index is 425. The van der Waals surface area contributed by atoms with Gasteiger partial charge in [0.15, 0.2) is 0 Å². The Morgan fingerprint density at radius 1 is 1.53 bits per heavy atom. The molecule has 0 atom stereocenters. The van der Waals surface area contributed by atoms with Gasteiger partial charge < -0.3 is 10.4 Å². The minimum Gasteiger partial charge on any atom is -0.480 e. The number of carbonyl (C=O) groups is 2. The van der Waals surface area contributed by atoms with Crippen molar-refractivity contribution in [1.29, 1.82) is 0 Å². The van der Waals surface area contributed by atoms with Crippen molar-refractivity contribution < 1.29 is 14.7 Å². The van der Waals surface area contributed by atoms with Gasteiger partial charge in [0.25, 0.3) is 0 Å². The third-order valence-corrected chi connectivity index (χ3v) is 2.52. The number of aliphatic carboxylic acids is 1. The molecule has 7 nitrogen and oxygen atoms in total. The van der Waals surface area contributed by atoms with Crippen LogP contribution in [0, 0.1) is 5.92 Å². The molecule has 0 radical (unpaired) electrons. The van der Waals surface area contributed by atoms with Gasteiger partial charge >= 0.3 is 5.97 Å². The van der Waals surface area contributed by atoms with Crippen molar-refractivity contribution in [2.45, 2.75) is 32.4 Å². The minimum absolute atomic E-state index is 0.0142. The van der Waals surface area contributed by atoms with Crippen LogP contribution in [0.5, 0.6) is 0 Å². The van der Waals surface area contributed by atoms with E-state index in [2.05, 4.69) is 15.6 Å². The van der Waals surface area contributed by atoms with Crippen molar-refractivity contribution in [2.24, 2.45) is 5.92 Å². The first-order valence-electron chi connectivity index (χ1n) is 5.51. The molecule has 0 spiro atoms. The second kappa shape index (κ2) is 4.94. The molecule has 7 heteroatoms. The summed E-state index contributed by atoms with van der Waals surface area (Å²) in [5, 5.41) is 18.7. The third-order valence-electron chi connectivity index (χ3n) is 2.52. The fraction of sp³-hybridized carbons (Fsp3) is 0.600. The molecule has 0 unspecified atom stereocenters. The van der Waals surface area contributed by atoms with E-state index in [1.54, 1.807) is 0 Å². The second-order valence-electron chi connectivity index (χ2n) is 4.23. The normalized spacial score (nSPS) is 14.6. The molecule has 2 N–H and O–H groups in total. The molecule has 1 heterocycles. The predicted molar refractivity (Wildman–Crippen MR) is 56.8 cm³/mol. The van der Waals surface area contributed by atoms with Crippen molar-refractivity contribution in [2.75, 3.05) is 0 Å². The van der Waals surface area contributed by atoms with Crippen LogP contribution in [0.1, 0.15) is 25.0 Å². The van der Waals surface area contributed by atoms with Crippen LogP contribution in [-0.2, 0) is 22.7 Å². The number of carbonyl (C=O) groups excluding carboxylic acids is 1. The molecule has 1 aliphatic rings. The van der Waals surface area contributed by atoms with Gasteiger partial charge in [-0.2, -0.15) is 0 Å². The molecule has 1 aromatic rings. The summed E-state index contributed by atoms with van der Waals surface area (Å²) in [6, 6.07) is 0. The summed E-state index contributed by atoms with van der Waals surface area (Å²) >= 11 is 0. The SMILES string of the molecule is O=C(O)Cn1cc(CNC(=O)CC2CC2)nn1. The quantitative estimate of drug-likeness (QED) is 0.714. The van der Waals surface area contributed by atoms with Crippen molar-refractivity contribution in [1.82, 2.24) is 20.3 Å². The van der Waals surface area contributed by atoms with Crippen molar-refractivity contribution in [3.8, 4) is 0 Å². The van der Waals surface area contributed by atoms with E-state index in [1.165, 1.54) is 10.9 Å². The van der Waals surface area contributed by atoms with Crippen molar-refractivity contribution in [3.05, 3.63) is 11.9 Å². The highest BCUT2D eigenvalue weighted by atomic mass is 16.4. The number of rotatable bonds is 6. The van der Waals surface area contributed by atoms with Gasteiger partial charge in [0.2, 0.25) is 5.91 Å². The number of nitrogens with one attached hydrogen (secondary N) is 1. The van der Waals surface area contributed by atoms with Gasteiger partial charge in [-0.3, -0.25) is 9.59 Å². The van der Waals surface area contributed by atoms with Gasteiger partial charge in [0.1, 0.15) is 12.2 Å². The topological polar surface area (TPSA) is 97.1 Å². The molecule has 17 heavy (non-hydrogen) atoms. The molecule has 0 saturated heterocycles. The van der Waals surface area contributed by atoms with Crippen molar-refractivity contribution in [3.63, 3.8) is 0 Å². The molecule has 1 amide bonds. The smallest absolute Gasteiger partial charge is 0.325 e. The Balaban J connectivity index is 1.75. The minimum atomic E-state index is -0.973. The van der Waals surface area contributed by atoms with Gasteiger partial charge in [0.05, 0.1) is 12.7 Å². The summed E-state index contributed by atoms with van der Waals surface area (Å²) in [7, 11) is 0. The molecule has 1 saturated carbocycles. The maximum absolute atomic E-state index is 11.4. The molecular formula is C10H14N4O3. The van der Waals surface area contributed by atoms with Crippen LogP contribution in [0.2, 0.25) is 0 Å². The van der Waals surface area contributed by atoms with E-state index < -0.39 is 5.97 Å². The Morgan fingerprint density at radius 3 is 2.94 bits per heavy atom. The molecule has 0 aliphatic heterocycles. The Kier molecular flexibility index (Phi) is 3.36. The molecule has 0 aromatic carbocycles. The summed E-state index contributed by atoms with van der Waals surface area (Å²) in [6.45, 7) is 0.0776. The van der Waals surface area contributed by atoms with E-state index in [1.807, 2.05) is 0 Å². The predicted octanol–water partition coefficient (Wildman–Crippen LogP) is -0.221. The Morgan fingerprint density at radius 2 is 2.29 bits per heavy atom. The highest BCUT2D eigenvalue weighted by molar-refractivity contribution is 5.76. The molecule has 1 fully saturated rings. The van der Waals surface area contributed by atoms with Gasteiger partial charge in [-0.15, -0.1) is 5.10 Å². The maximum Gasteiger partial charge on any atom is 0.325 e. The van der Waals surface area contributed by atoms with Gasteiger partial charge in [-0.1, -0.05) is 5.21 Å². The summed E-state index contributed by atoms with van der Waals surface area (Å²) in [6.07, 6.45) is 4.37. The van der Waals surface area contributed by atoms with Gasteiger partial charge in [-0.25, -0.2) is 4.68 Å². The van der Waals surface area contributed by atoms with Crippen LogP contribution in [0.3, 0.4) is 0 Å². The highest BCUT2D eigenvalue weighted by Gasteiger charge is 2.24. The summed E-state index contributed by atoms with van der Waals surface area (Å²) in [4.78, 5) is 21.8. The van der Waals surface area contributed by atoms with Crippen LogP contribution in [-0.4, -0.2) is 32.0 Å². The number of amides is 1. The zero-order chi connectivity index (χ0) is 12.3. The summed E-state index contributed by atoms with van der Waals surface area (Å²) in [5.41, 5.74) is 0.565. The number of hydrogen-bond donors (Lipinski definition) is 2. The second-order valence-corrected chi connectivity index (χ2v) is 4.23. The number of aromatic nitrogens is 3. The van der Waals surface area contributed by atoms with Gasteiger partial charge in [-0.05, 0) is 18.8 Å². The molecule has 2 rings (SSSR count). The molecular weight excluding hydrogens is 224 g/mol. The highest BCUT2D eigenvalue weighted by Crippen LogP contribution is 2.32. The van der Waals surface area contributed by atoms with Crippen LogP contribution in [0.15, 0.2) is 6.20 Å². The average molecular weight is 238 g/mol. The number of nitrogens with zero attached hydrogens (tertiary/aromatic N) is 3. The van der Waals surface area contributed by atoms with Crippen LogP contribution in [0.25, 0.3) is 0 Å². The largest absolute Gasteiger partial charge is 0.480 e. The first kappa shape index (κ1) is 11.6. The van der Waals surface area contributed by atoms with Crippen LogP contribution < -0.4 is 5.32 Å². The molecule has 0 bridgehead atoms. The molecule has 1 aromatic heterocycles. The summed E-state index contributed by atoms with van der Waals surface area (Å²) in [5.74, 6) is -0.405. The van der Waals surface area contributed by atoms with Crippen molar-refractivity contribution >= 4 is 11.9 Å². The monoisotopic (exact) mass is 238 g/mol. The Labute approximate surface area is 97.8 Å². The molecule has 1 aliphatic carbocycles. The van der Waals surface area contributed by atoms with Crippen LogP contribution >= 0.6 is 0 Å². The van der Waals surface area contributed by atoms with E-state index >= 15 is 0 Å². The standard InChI is InChI=1S/C10H14N4O3/c15-9(3-7-1-2-7)11-4-8-5-14(13-12-8)6-10(16)17/h5,7H,1-4,6H2,(H,11,15)(H,16,17). The summed E-state index contributed by atoms with van der Waals surface area (Å²) < 4.78 is 1.23. The van der Waals surface area contributed by atoms with Gasteiger partial charge in [0, 0.05) is 6.42 Å².